The summed E-state index contributed by atoms with van der Waals surface area (Å²) in [5.74, 6) is 0. The van der Waals surface area contributed by atoms with Gasteiger partial charge >= 0.3 is 0 Å². The van der Waals surface area contributed by atoms with E-state index in [0.717, 1.165) is 10.3 Å². The zero-order valence-electron chi connectivity index (χ0n) is 9.68. The highest BCUT2D eigenvalue weighted by Gasteiger charge is 2.13. The van der Waals surface area contributed by atoms with Crippen molar-refractivity contribution in [1.82, 2.24) is 9.55 Å². The number of hydrogen-bond donors (Lipinski definition) is 0. The average Bonchev–Trinajstić information content (AvgIpc) is 2.82. The van der Waals surface area contributed by atoms with Gasteiger partial charge in [0.05, 0.1) is 16.4 Å². The third-order valence-corrected chi connectivity index (χ3v) is 3.26. The molecule has 2 aromatic rings. The molecule has 0 fully saturated rings. The summed E-state index contributed by atoms with van der Waals surface area (Å²) in [6.45, 7) is 0.429. The number of rotatable bonds is 3. The van der Waals surface area contributed by atoms with Crippen molar-refractivity contribution in [3.8, 4) is 0 Å². The Hall–Kier alpha value is -1.52. The Balaban J connectivity index is 2.37. The lowest BCUT2D eigenvalue weighted by Crippen LogP contribution is -2.19. The molecule has 0 unspecified atom stereocenters. The molecule has 1 aromatic heterocycles. The molecule has 0 aliphatic rings. The van der Waals surface area contributed by atoms with Crippen molar-refractivity contribution in [1.29, 1.82) is 0 Å². The van der Waals surface area contributed by atoms with Crippen LogP contribution in [-0.2, 0) is 6.54 Å². The first-order chi connectivity index (χ1) is 8.58. The molecule has 0 saturated heterocycles. The molecule has 0 spiro atoms. The van der Waals surface area contributed by atoms with Crippen LogP contribution in [0.2, 0.25) is 10.0 Å². The van der Waals surface area contributed by atoms with E-state index in [-0.39, 0.29) is 0 Å². The van der Waals surface area contributed by atoms with Gasteiger partial charge in [-0.1, -0.05) is 23.2 Å². The van der Waals surface area contributed by atoms with Crippen LogP contribution in [0.3, 0.4) is 0 Å². The maximum atomic E-state index is 11.6. The summed E-state index contributed by atoms with van der Waals surface area (Å²) < 4.78 is 2.63. The number of hydroxylamine groups is 1. The van der Waals surface area contributed by atoms with Gasteiger partial charge in [0, 0.05) is 18.0 Å². The van der Waals surface area contributed by atoms with E-state index in [1.807, 2.05) is 4.57 Å². The minimum absolute atomic E-state index is 0.429. The van der Waals surface area contributed by atoms with Crippen LogP contribution in [0.1, 0.15) is 5.56 Å². The van der Waals surface area contributed by atoms with Crippen molar-refractivity contribution in [2.75, 3.05) is 7.05 Å². The van der Waals surface area contributed by atoms with Crippen molar-refractivity contribution in [3.63, 3.8) is 0 Å². The molecule has 6 heteroatoms. The number of hydrogen-bond acceptors (Lipinski definition) is 2. The van der Waals surface area contributed by atoms with E-state index in [9.17, 15) is 5.21 Å². The van der Waals surface area contributed by atoms with E-state index in [1.165, 1.54) is 7.05 Å². The summed E-state index contributed by atoms with van der Waals surface area (Å²) in [5.41, 5.74) is 1.34. The van der Waals surface area contributed by atoms with E-state index >= 15 is 0 Å². The first-order valence-electron chi connectivity index (χ1n) is 5.26. The number of aromatic nitrogens is 2. The van der Waals surface area contributed by atoms with Crippen LogP contribution in [0, 0.1) is 5.21 Å². The smallest absolute Gasteiger partial charge is 0.214 e. The van der Waals surface area contributed by atoms with Crippen LogP contribution in [0.5, 0.6) is 0 Å². The molecule has 0 amide bonds. The average molecular weight is 284 g/mol. The molecule has 0 atom stereocenters. The molecule has 0 saturated carbocycles. The summed E-state index contributed by atoms with van der Waals surface area (Å²) in [6.07, 6.45) is 5.11. The maximum absolute atomic E-state index is 11.6. The van der Waals surface area contributed by atoms with Gasteiger partial charge in [0.15, 0.2) is 0 Å². The molecule has 0 N–H and O–H groups in total. The molecule has 0 radical (unpaired) electrons. The van der Waals surface area contributed by atoms with Gasteiger partial charge in [-0.15, -0.1) is 0 Å². The van der Waals surface area contributed by atoms with Crippen LogP contribution >= 0.6 is 23.2 Å². The van der Waals surface area contributed by atoms with Gasteiger partial charge in [-0.25, -0.2) is 9.72 Å². The molecule has 0 aliphatic heterocycles. The maximum Gasteiger partial charge on any atom is 0.214 e. The molecule has 94 valence electrons. The Bertz CT molecular complexity index is 575. The van der Waals surface area contributed by atoms with E-state index in [1.54, 1.807) is 36.9 Å². The fourth-order valence-corrected chi connectivity index (χ4v) is 1.90. The molecule has 18 heavy (non-hydrogen) atoms. The van der Waals surface area contributed by atoms with Gasteiger partial charge in [0.1, 0.15) is 13.6 Å². The fraction of sp³-hybridized carbons (Fsp3) is 0.167. The van der Waals surface area contributed by atoms with Crippen molar-refractivity contribution < 1.29 is 4.74 Å². The second kappa shape index (κ2) is 5.42. The summed E-state index contributed by atoms with van der Waals surface area (Å²) in [5, 5.41) is 12.5. The molecular formula is C12H11Cl2N3O. The molecular weight excluding hydrogens is 273 g/mol. The third-order valence-electron chi connectivity index (χ3n) is 2.52. The summed E-state index contributed by atoms with van der Waals surface area (Å²) >= 11 is 11.8. The highest BCUT2D eigenvalue weighted by molar-refractivity contribution is 6.42. The Morgan fingerprint density at radius 2 is 2.17 bits per heavy atom. The predicted molar refractivity (Wildman–Crippen MR) is 72.3 cm³/mol. The van der Waals surface area contributed by atoms with Gasteiger partial charge in [-0.3, -0.25) is 0 Å². The Kier molecular flexibility index (Phi) is 3.89. The van der Waals surface area contributed by atoms with Gasteiger partial charge in [0.25, 0.3) is 0 Å². The fourth-order valence-electron chi connectivity index (χ4n) is 1.60. The van der Waals surface area contributed by atoms with Crippen LogP contribution in [-0.4, -0.2) is 27.0 Å². The number of imidazole rings is 1. The number of benzene rings is 1. The topological polar surface area (TPSA) is 43.9 Å². The van der Waals surface area contributed by atoms with E-state index in [2.05, 4.69) is 4.98 Å². The summed E-state index contributed by atoms with van der Waals surface area (Å²) in [7, 11) is 1.45. The summed E-state index contributed by atoms with van der Waals surface area (Å²) in [4.78, 5) is 3.94. The molecule has 0 bridgehead atoms. The molecule has 1 heterocycles. The first kappa shape index (κ1) is 12.9. The monoisotopic (exact) mass is 283 g/mol. The molecule has 1 aromatic carbocycles. The normalized spacial score (nSPS) is 12.4. The van der Waals surface area contributed by atoms with Gasteiger partial charge in [0.2, 0.25) is 5.71 Å². The standard InChI is InChI=1S/C12H11Cl2N3O/c1-16(18)12(7-17-5-4-15-8-17)9-2-3-10(13)11(14)6-9/h2-6,8H,7H2,1H3/b16-12+. The van der Waals surface area contributed by atoms with Crippen LogP contribution in [0.4, 0.5) is 0 Å². The van der Waals surface area contributed by atoms with Crippen molar-refractivity contribution in [2.24, 2.45) is 0 Å². The molecule has 2 rings (SSSR count). The quantitative estimate of drug-likeness (QED) is 0.376. The zero-order valence-corrected chi connectivity index (χ0v) is 11.2. The van der Waals surface area contributed by atoms with Crippen LogP contribution in [0.25, 0.3) is 0 Å². The predicted octanol–water partition coefficient (Wildman–Crippen LogP) is 2.82. The third kappa shape index (κ3) is 2.83. The molecule has 0 aliphatic carbocycles. The van der Waals surface area contributed by atoms with E-state index < -0.39 is 0 Å². The Morgan fingerprint density at radius 1 is 1.39 bits per heavy atom. The van der Waals surface area contributed by atoms with Gasteiger partial charge < -0.3 is 9.77 Å². The van der Waals surface area contributed by atoms with Crippen molar-refractivity contribution >= 4 is 28.9 Å². The Labute approximate surface area is 115 Å². The Morgan fingerprint density at radius 3 is 2.72 bits per heavy atom. The highest BCUT2D eigenvalue weighted by Crippen LogP contribution is 2.23. The number of halogens is 2. The number of nitrogens with zero attached hydrogens (tertiary/aromatic N) is 3. The van der Waals surface area contributed by atoms with Crippen molar-refractivity contribution in [3.05, 3.63) is 57.7 Å². The molecule has 4 nitrogen and oxygen atoms in total. The van der Waals surface area contributed by atoms with Crippen LogP contribution < -0.4 is 0 Å². The second-order valence-corrected chi connectivity index (χ2v) is 4.62. The van der Waals surface area contributed by atoms with E-state index in [4.69, 9.17) is 23.2 Å². The first-order valence-corrected chi connectivity index (χ1v) is 6.01. The lowest BCUT2D eigenvalue weighted by molar-refractivity contribution is -0.423. The largest absolute Gasteiger partial charge is 0.624 e. The van der Waals surface area contributed by atoms with Gasteiger partial charge in [-0.2, -0.15) is 0 Å². The van der Waals surface area contributed by atoms with Crippen LogP contribution in [0.15, 0.2) is 36.9 Å². The second-order valence-electron chi connectivity index (χ2n) is 3.81. The van der Waals surface area contributed by atoms with Gasteiger partial charge in [-0.05, 0) is 18.2 Å². The SMILES string of the molecule is C/[N+]([O-])=C(/Cn1ccnc1)c1ccc(Cl)c(Cl)c1. The zero-order chi connectivity index (χ0) is 13.1. The van der Waals surface area contributed by atoms with Crippen molar-refractivity contribution in [2.45, 2.75) is 6.54 Å². The minimum Gasteiger partial charge on any atom is -0.624 e. The lowest BCUT2D eigenvalue weighted by Gasteiger charge is -2.09. The summed E-state index contributed by atoms with van der Waals surface area (Å²) in [6, 6.07) is 5.13. The lowest BCUT2D eigenvalue weighted by atomic mass is 10.1. The van der Waals surface area contributed by atoms with E-state index in [0.29, 0.717) is 22.3 Å². The highest BCUT2D eigenvalue weighted by atomic mass is 35.5. The minimum atomic E-state index is 0.429.